The molecule has 0 atom stereocenters. The number of benzene rings is 1. The summed E-state index contributed by atoms with van der Waals surface area (Å²) in [6, 6.07) is 6.37. The molecule has 0 unspecified atom stereocenters. The third-order valence-electron chi connectivity index (χ3n) is 1.47. The van der Waals surface area contributed by atoms with Gasteiger partial charge in [-0.3, -0.25) is 0 Å². The Bertz CT molecular complexity index is 288. The average Bonchev–Trinajstić information content (AvgIpc) is 2.20. The molecule has 1 rings (SSSR count). The number of carboxylic acids is 1. The molecule has 1 aromatic carbocycles. The number of hydrogen-bond donors (Lipinski definition) is 1. The van der Waals surface area contributed by atoms with Crippen LogP contribution in [-0.4, -0.2) is 17.2 Å². The molecule has 15 heavy (non-hydrogen) atoms. The lowest BCUT2D eigenvalue weighted by molar-refractivity contribution is 0.0697. The predicted octanol–water partition coefficient (Wildman–Crippen LogP) is 3.20. The Morgan fingerprint density at radius 1 is 1.20 bits per heavy atom. The molecule has 0 spiro atoms. The van der Waals surface area contributed by atoms with Gasteiger partial charge in [-0.2, -0.15) is 0 Å². The van der Waals surface area contributed by atoms with Crippen molar-refractivity contribution < 1.29 is 14.6 Å². The molecule has 0 aromatic heterocycles. The third kappa shape index (κ3) is 5.05. The summed E-state index contributed by atoms with van der Waals surface area (Å²) in [4.78, 5) is 10.5. The molecule has 0 amide bonds. The third-order valence-corrected chi connectivity index (χ3v) is 1.47. The van der Waals surface area contributed by atoms with Crippen LogP contribution in [0.2, 0.25) is 0 Å². The average molecular weight is 210 g/mol. The van der Waals surface area contributed by atoms with Crippen molar-refractivity contribution in [1.29, 1.82) is 0 Å². The molecule has 1 N–H and O–H groups in total. The highest BCUT2D eigenvalue weighted by atomic mass is 16.5. The number of rotatable bonds is 3. The summed E-state index contributed by atoms with van der Waals surface area (Å²) in [5.41, 5.74) is 0.274. The first-order valence-electron chi connectivity index (χ1n) is 5.09. The van der Waals surface area contributed by atoms with Crippen LogP contribution in [0.4, 0.5) is 0 Å². The highest BCUT2D eigenvalue weighted by Gasteiger charge is 2.02. The van der Waals surface area contributed by atoms with E-state index in [1.807, 2.05) is 27.7 Å². The van der Waals surface area contributed by atoms with Crippen LogP contribution in [0, 0.1) is 0 Å². The lowest BCUT2D eigenvalue weighted by Crippen LogP contribution is -2.05. The standard InChI is InChI=1S/C10H12O3.C2H6/c1-7(2)13-9-5-3-8(4-6-9)10(11)12;1-2/h3-7H,1-2H3,(H,11,12);1-2H3. The van der Waals surface area contributed by atoms with Gasteiger partial charge in [0.05, 0.1) is 11.7 Å². The van der Waals surface area contributed by atoms with Crippen LogP contribution in [0.5, 0.6) is 5.75 Å². The second kappa shape index (κ2) is 6.87. The number of carboxylic acid groups (broad SMARTS) is 1. The van der Waals surface area contributed by atoms with Crippen molar-refractivity contribution in [2.24, 2.45) is 0 Å². The van der Waals surface area contributed by atoms with Gasteiger partial charge in [-0.1, -0.05) is 13.8 Å². The van der Waals surface area contributed by atoms with Crippen LogP contribution in [-0.2, 0) is 0 Å². The zero-order valence-electron chi connectivity index (χ0n) is 9.65. The van der Waals surface area contributed by atoms with Crippen molar-refractivity contribution >= 4 is 5.97 Å². The molecule has 0 bridgehead atoms. The van der Waals surface area contributed by atoms with Crippen molar-refractivity contribution in [3.05, 3.63) is 29.8 Å². The van der Waals surface area contributed by atoms with Crippen molar-refractivity contribution in [2.45, 2.75) is 33.8 Å². The van der Waals surface area contributed by atoms with E-state index >= 15 is 0 Å². The van der Waals surface area contributed by atoms with Crippen molar-refractivity contribution in [1.82, 2.24) is 0 Å². The molecular formula is C12H18O3. The Morgan fingerprint density at radius 3 is 2.00 bits per heavy atom. The monoisotopic (exact) mass is 210 g/mol. The molecule has 3 nitrogen and oxygen atoms in total. The summed E-state index contributed by atoms with van der Waals surface area (Å²) >= 11 is 0. The van der Waals surface area contributed by atoms with Gasteiger partial charge in [0, 0.05) is 0 Å². The Balaban J connectivity index is 0.000000921. The summed E-state index contributed by atoms with van der Waals surface area (Å²) in [6.07, 6.45) is 0.107. The van der Waals surface area contributed by atoms with Crippen LogP contribution < -0.4 is 4.74 Å². The van der Waals surface area contributed by atoms with E-state index in [0.29, 0.717) is 5.75 Å². The summed E-state index contributed by atoms with van der Waals surface area (Å²) in [5.74, 6) is -0.226. The second-order valence-electron chi connectivity index (χ2n) is 3.00. The Kier molecular flexibility index (Phi) is 6.18. The molecule has 0 aliphatic heterocycles. The molecule has 0 saturated carbocycles. The molecule has 3 heteroatoms. The molecule has 0 heterocycles. The van der Waals surface area contributed by atoms with Gasteiger partial charge >= 0.3 is 5.97 Å². The fourth-order valence-corrected chi connectivity index (χ4v) is 0.948. The van der Waals surface area contributed by atoms with Gasteiger partial charge in [-0.05, 0) is 38.1 Å². The fourth-order valence-electron chi connectivity index (χ4n) is 0.948. The topological polar surface area (TPSA) is 46.5 Å². The van der Waals surface area contributed by atoms with Crippen molar-refractivity contribution in [2.75, 3.05) is 0 Å². The summed E-state index contributed by atoms with van der Waals surface area (Å²) < 4.78 is 5.36. The van der Waals surface area contributed by atoms with Gasteiger partial charge in [0.1, 0.15) is 5.75 Å². The Labute approximate surface area is 90.7 Å². The van der Waals surface area contributed by atoms with E-state index < -0.39 is 5.97 Å². The largest absolute Gasteiger partial charge is 0.491 e. The maximum atomic E-state index is 10.5. The molecule has 0 radical (unpaired) electrons. The summed E-state index contributed by atoms with van der Waals surface area (Å²) in [7, 11) is 0. The normalized spacial score (nSPS) is 9.13. The lowest BCUT2D eigenvalue weighted by Gasteiger charge is -2.08. The van der Waals surface area contributed by atoms with Crippen LogP contribution in [0.1, 0.15) is 38.1 Å². The maximum absolute atomic E-state index is 10.5. The van der Waals surface area contributed by atoms with E-state index in [-0.39, 0.29) is 11.7 Å². The van der Waals surface area contributed by atoms with Crippen LogP contribution in [0.15, 0.2) is 24.3 Å². The first-order chi connectivity index (χ1) is 7.09. The lowest BCUT2D eigenvalue weighted by atomic mass is 10.2. The molecule has 0 aliphatic carbocycles. The van der Waals surface area contributed by atoms with Gasteiger partial charge in [-0.25, -0.2) is 4.79 Å². The first kappa shape index (κ1) is 13.5. The van der Waals surface area contributed by atoms with E-state index in [9.17, 15) is 4.79 Å². The number of ether oxygens (including phenoxy) is 1. The molecular weight excluding hydrogens is 192 g/mol. The van der Waals surface area contributed by atoms with Gasteiger partial charge in [0.15, 0.2) is 0 Å². The quantitative estimate of drug-likeness (QED) is 0.833. The highest BCUT2D eigenvalue weighted by molar-refractivity contribution is 5.87. The van der Waals surface area contributed by atoms with Crippen molar-refractivity contribution in [3.8, 4) is 5.75 Å². The fraction of sp³-hybridized carbons (Fsp3) is 0.417. The number of aromatic carboxylic acids is 1. The summed E-state index contributed by atoms with van der Waals surface area (Å²) in [6.45, 7) is 7.84. The molecule has 1 aromatic rings. The summed E-state index contributed by atoms with van der Waals surface area (Å²) in [5, 5.41) is 8.62. The Hall–Kier alpha value is -1.51. The minimum atomic E-state index is -0.920. The van der Waals surface area contributed by atoms with E-state index in [1.165, 1.54) is 12.1 Å². The predicted molar refractivity (Wildman–Crippen MR) is 60.5 cm³/mol. The van der Waals surface area contributed by atoms with Crippen LogP contribution >= 0.6 is 0 Å². The van der Waals surface area contributed by atoms with Crippen LogP contribution in [0.3, 0.4) is 0 Å². The molecule has 0 fully saturated rings. The SMILES string of the molecule is CC.CC(C)Oc1ccc(C(=O)O)cc1. The molecule has 0 aliphatic rings. The number of hydrogen-bond acceptors (Lipinski definition) is 2. The van der Waals surface area contributed by atoms with E-state index in [0.717, 1.165) is 0 Å². The van der Waals surface area contributed by atoms with Gasteiger partial charge in [0.2, 0.25) is 0 Å². The van der Waals surface area contributed by atoms with E-state index in [2.05, 4.69) is 0 Å². The van der Waals surface area contributed by atoms with Gasteiger partial charge in [-0.15, -0.1) is 0 Å². The van der Waals surface area contributed by atoms with E-state index in [4.69, 9.17) is 9.84 Å². The zero-order valence-corrected chi connectivity index (χ0v) is 9.65. The second-order valence-corrected chi connectivity index (χ2v) is 3.00. The first-order valence-corrected chi connectivity index (χ1v) is 5.09. The van der Waals surface area contributed by atoms with E-state index in [1.54, 1.807) is 12.1 Å². The van der Waals surface area contributed by atoms with Crippen LogP contribution in [0.25, 0.3) is 0 Å². The molecule has 0 saturated heterocycles. The smallest absolute Gasteiger partial charge is 0.335 e. The zero-order chi connectivity index (χ0) is 11.8. The number of carbonyl (C=O) groups is 1. The minimum absolute atomic E-state index is 0.107. The van der Waals surface area contributed by atoms with Crippen molar-refractivity contribution in [3.63, 3.8) is 0 Å². The highest BCUT2D eigenvalue weighted by Crippen LogP contribution is 2.13. The van der Waals surface area contributed by atoms with Gasteiger partial charge < -0.3 is 9.84 Å². The Morgan fingerprint density at radius 2 is 1.67 bits per heavy atom. The van der Waals surface area contributed by atoms with Gasteiger partial charge in [0.25, 0.3) is 0 Å². The minimum Gasteiger partial charge on any atom is -0.491 e. The molecule has 84 valence electrons. The maximum Gasteiger partial charge on any atom is 0.335 e.